The summed E-state index contributed by atoms with van der Waals surface area (Å²) >= 11 is 1.47. The first-order chi connectivity index (χ1) is 9.69. The van der Waals surface area contributed by atoms with Crippen LogP contribution in [0, 0.1) is 5.82 Å². The minimum Gasteiger partial charge on any atom is -0.480 e. The van der Waals surface area contributed by atoms with Crippen molar-refractivity contribution in [1.82, 2.24) is 23.1 Å². The molecule has 2 aromatic heterocycles. The normalized spacial score (nSPS) is 17.8. The van der Waals surface area contributed by atoms with Crippen molar-refractivity contribution in [2.75, 3.05) is 40.3 Å². The van der Waals surface area contributed by atoms with Gasteiger partial charge < -0.3 is 9.64 Å². The van der Waals surface area contributed by atoms with Crippen LogP contribution >= 0.6 is 12.1 Å². The Morgan fingerprint density at radius 3 is 2.70 bits per heavy atom. The molecule has 1 saturated heterocycles. The van der Waals surface area contributed by atoms with Gasteiger partial charge >= 0.3 is 0 Å². The van der Waals surface area contributed by atoms with E-state index in [1.165, 1.54) is 31.8 Å². The monoisotopic (exact) mass is 297 g/mol. The molecule has 0 bridgehead atoms. The lowest BCUT2D eigenvalue weighted by atomic mass is 10.4. The number of fused-ring (bicyclic) bond motifs is 1. The molecular weight excluding hydrogens is 281 g/mol. The summed E-state index contributed by atoms with van der Waals surface area (Å²) in [5.41, 5.74) is 0.540. The average molecular weight is 297 g/mol. The average Bonchev–Trinajstić information content (AvgIpc) is 2.78. The molecule has 8 heteroatoms. The van der Waals surface area contributed by atoms with Gasteiger partial charge in [0.15, 0.2) is 11.5 Å². The van der Waals surface area contributed by atoms with E-state index in [2.05, 4.69) is 26.2 Å². The maximum atomic E-state index is 14.0. The zero-order chi connectivity index (χ0) is 14.1. The Kier molecular flexibility index (Phi) is 3.77. The summed E-state index contributed by atoms with van der Waals surface area (Å²) in [6, 6.07) is 0. The van der Waals surface area contributed by atoms with Gasteiger partial charge in [-0.05, 0) is 7.05 Å². The van der Waals surface area contributed by atoms with E-state index in [1.54, 1.807) is 3.97 Å². The van der Waals surface area contributed by atoms with Crippen LogP contribution in [0.3, 0.4) is 0 Å². The molecule has 0 aromatic carbocycles. The Hall–Kier alpha value is -1.38. The topological polar surface area (TPSA) is 46.4 Å². The third-order valence-electron chi connectivity index (χ3n) is 3.33. The van der Waals surface area contributed by atoms with Crippen molar-refractivity contribution in [1.29, 1.82) is 0 Å². The van der Waals surface area contributed by atoms with Crippen LogP contribution in [0.5, 0.6) is 5.88 Å². The highest BCUT2D eigenvalue weighted by Gasteiger charge is 2.20. The highest BCUT2D eigenvalue weighted by atomic mass is 32.2. The minimum atomic E-state index is -0.362. The van der Waals surface area contributed by atoms with E-state index < -0.39 is 0 Å². The number of likely N-dealkylation sites (N-methyl/N-ethyl adjacent to an activating group) is 1. The fourth-order valence-electron chi connectivity index (χ4n) is 2.18. The number of rotatable bonds is 3. The lowest BCUT2D eigenvalue weighted by molar-refractivity contribution is 0.233. The van der Waals surface area contributed by atoms with Crippen molar-refractivity contribution >= 4 is 23.2 Å². The van der Waals surface area contributed by atoms with Crippen LogP contribution in [0.4, 0.5) is 4.39 Å². The maximum absolute atomic E-state index is 14.0. The molecule has 6 nitrogen and oxygen atoms in total. The third kappa shape index (κ3) is 2.46. The van der Waals surface area contributed by atoms with E-state index in [4.69, 9.17) is 4.74 Å². The molecule has 0 saturated carbocycles. The van der Waals surface area contributed by atoms with Crippen LogP contribution in [0.1, 0.15) is 0 Å². The molecule has 1 aliphatic rings. The Morgan fingerprint density at radius 1 is 1.25 bits per heavy atom. The molecule has 0 unspecified atom stereocenters. The summed E-state index contributed by atoms with van der Waals surface area (Å²) in [6.45, 7) is 3.88. The van der Waals surface area contributed by atoms with Gasteiger partial charge in [0.2, 0.25) is 5.88 Å². The second-order valence-electron chi connectivity index (χ2n) is 4.70. The van der Waals surface area contributed by atoms with Gasteiger partial charge in [-0.2, -0.15) is 0 Å². The molecule has 108 valence electrons. The molecule has 0 atom stereocenters. The van der Waals surface area contributed by atoms with Gasteiger partial charge in [-0.15, -0.1) is 0 Å². The van der Waals surface area contributed by atoms with Crippen molar-refractivity contribution in [3.05, 3.63) is 18.3 Å². The SMILES string of the molecule is COc1ncnc2c1c(F)cn2SN1CCN(C)CC1. The minimum absolute atomic E-state index is 0.269. The Balaban J connectivity index is 1.89. The van der Waals surface area contributed by atoms with E-state index in [-0.39, 0.29) is 11.7 Å². The van der Waals surface area contributed by atoms with Gasteiger partial charge in [0, 0.05) is 38.3 Å². The summed E-state index contributed by atoms with van der Waals surface area (Å²) in [6.07, 6.45) is 2.83. The standard InChI is InChI=1S/C12H16FN5OS/c1-16-3-5-17(6-4-16)20-18-7-9(13)10-11(18)14-8-15-12(10)19-2/h7-8H,3-6H2,1-2H3. The molecule has 1 aliphatic heterocycles. The highest BCUT2D eigenvalue weighted by Crippen LogP contribution is 2.29. The highest BCUT2D eigenvalue weighted by molar-refractivity contribution is 7.95. The first-order valence-electron chi connectivity index (χ1n) is 6.36. The zero-order valence-electron chi connectivity index (χ0n) is 11.4. The molecule has 0 spiro atoms. The molecule has 3 rings (SSSR count). The number of piperazine rings is 1. The fraction of sp³-hybridized carbons (Fsp3) is 0.500. The maximum Gasteiger partial charge on any atom is 0.228 e. The fourth-order valence-corrected chi connectivity index (χ4v) is 3.11. The van der Waals surface area contributed by atoms with E-state index in [0.29, 0.717) is 11.0 Å². The summed E-state index contributed by atoms with van der Waals surface area (Å²) < 4.78 is 23.1. The zero-order valence-corrected chi connectivity index (χ0v) is 12.2. The number of nitrogens with zero attached hydrogens (tertiary/aromatic N) is 5. The van der Waals surface area contributed by atoms with Gasteiger partial charge in [0.25, 0.3) is 0 Å². The van der Waals surface area contributed by atoms with Crippen molar-refractivity contribution in [2.24, 2.45) is 0 Å². The van der Waals surface area contributed by atoms with E-state index in [9.17, 15) is 4.39 Å². The van der Waals surface area contributed by atoms with E-state index >= 15 is 0 Å². The van der Waals surface area contributed by atoms with Crippen molar-refractivity contribution < 1.29 is 9.13 Å². The van der Waals surface area contributed by atoms with Crippen molar-refractivity contribution in [3.63, 3.8) is 0 Å². The molecule has 0 amide bonds. The third-order valence-corrected chi connectivity index (χ3v) is 4.38. The van der Waals surface area contributed by atoms with Gasteiger partial charge in [-0.25, -0.2) is 18.7 Å². The predicted molar refractivity (Wildman–Crippen MR) is 76.1 cm³/mol. The van der Waals surface area contributed by atoms with Gasteiger partial charge in [-0.1, -0.05) is 0 Å². The number of aromatic nitrogens is 3. The second-order valence-corrected chi connectivity index (χ2v) is 5.77. The predicted octanol–water partition coefficient (Wildman–Crippen LogP) is 1.24. The first kappa shape index (κ1) is 13.6. The van der Waals surface area contributed by atoms with Crippen molar-refractivity contribution in [3.8, 4) is 5.88 Å². The molecule has 0 radical (unpaired) electrons. The van der Waals surface area contributed by atoms with E-state index in [1.807, 2.05) is 0 Å². The summed E-state index contributed by atoms with van der Waals surface area (Å²) in [7, 11) is 3.58. The van der Waals surface area contributed by atoms with Crippen LogP contribution in [0.2, 0.25) is 0 Å². The molecule has 0 N–H and O–H groups in total. The van der Waals surface area contributed by atoms with Crippen LogP contribution in [0.25, 0.3) is 11.0 Å². The molecule has 20 heavy (non-hydrogen) atoms. The molecule has 3 heterocycles. The van der Waals surface area contributed by atoms with Crippen LogP contribution in [-0.2, 0) is 0 Å². The summed E-state index contributed by atoms with van der Waals surface area (Å²) in [4.78, 5) is 10.4. The molecular formula is C12H16FN5OS. The van der Waals surface area contributed by atoms with Gasteiger partial charge in [-0.3, -0.25) is 3.97 Å². The number of hydrogen-bond donors (Lipinski definition) is 0. The molecule has 1 fully saturated rings. The van der Waals surface area contributed by atoms with Gasteiger partial charge in [0.1, 0.15) is 11.7 Å². The Bertz CT molecular complexity index is 611. The lowest BCUT2D eigenvalue weighted by Crippen LogP contribution is -2.41. The van der Waals surface area contributed by atoms with Crippen LogP contribution in [-0.4, -0.2) is 63.5 Å². The van der Waals surface area contributed by atoms with Crippen molar-refractivity contribution in [2.45, 2.75) is 0 Å². The number of hydrogen-bond acceptors (Lipinski definition) is 6. The van der Waals surface area contributed by atoms with Gasteiger partial charge in [0.05, 0.1) is 13.3 Å². The first-order valence-corrected chi connectivity index (χ1v) is 7.09. The summed E-state index contributed by atoms with van der Waals surface area (Å²) in [5, 5.41) is 0.330. The second kappa shape index (κ2) is 5.55. The number of methoxy groups -OCH3 is 1. The molecule has 0 aliphatic carbocycles. The quantitative estimate of drug-likeness (QED) is 0.794. The number of ether oxygens (including phenoxy) is 1. The molecule has 2 aromatic rings. The van der Waals surface area contributed by atoms with Crippen LogP contribution < -0.4 is 4.74 Å². The lowest BCUT2D eigenvalue weighted by Gasteiger charge is -2.31. The smallest absolute Gasteiger partial charge is 0.228 e. The summed E-state index contributed by atoms with van der Waals surface area (Å²) in [5.74, 6) is -0.0932. The van der Waals surface area contributed by atoms with E-state index in [0.717, 1.165) is 26.2 Å². The Morgan fingerprint density at radius 2 is 2.00 bits per heavy atom. The largest absolute Gasteiger partial charge is 0.480 e. The van der Waals surface area contributed by atoms with Crippen LogP contribution in [0.15, 0.2) is 12.5 Å². The number of halogens is 1. The Labute approximate surface area is 120 Å².